The lowest BCUT2D eigenvalue weighted by Gasteiger charge is -2.01. The first-order valence-corrected chi connectivity index (χ1v) is 5.74. The molecule has 18 heavy (non-hydrogen) atoms. The Morgan fingerprint density at radius 2 is 2.22 bits per heavy atom. The van der Waals surface area contributed by atoms with Crippen molar-refractivity contribution in [3.05, 3.63) is 52.6 Å². The second kappa shape index (κ2) is 3.99. The van der Waals surface area contributed by atoms with Crippen LogP contribution in [0.25, 0.3) is 22.1 Å². The van der Waals surface area contributed by atoms with Gasteiger partial charge in [0.1, 0.15) is 11.1 Å². The van der Waals surface area contributed by atoms with E-state index in [4.69, 9.17) is 16.0 Å². The molecule has 0 radical (unpaired) electrons. The van der Waals surface area contributed by atoms with Crippen molar-refractivity contribution in [3.63, 3.8) is 0 Å². The lowest BCUT2D eigenvalue weighted by atomic mass is 10.2. The Hall–Kier alpha value is -2.07. The van der Waals surface area contributed by atoms with E-state index in [1.807, 2.05) is 18.2 Å². The minimum absolute atomic E-state index is 0.223. The highest BCUT2D eigenvalue weighted by atomic mass is 35.5. The molecule has 0 fully saturated rings. The second-order valence-electron chi connectivity index (χ2n) is 3.97. The van der Waals surface area contributed by atoms with E-state index in [0.29, 0.717) is 16.1 Å². The molecule has 90 valence electrons. The van der Waals surface area contributed by atoms with Crippen LogP contribution in [0.5, 0.6) is 0 Å². The number of aromatic nitrogens is 2. The Morgan fingerprint density at radius 3 is 3.00 bits per heavy atom. The van der Waals surface area contributed by atoms with E-state index in [2.05, 4.69) is 11.6 Å². The molecule has 1 aromatic carbocycles. The minimum atomic E-state index is -0.252. The average Bonchev–Trinajstić information content (AvgIpc) is 2.72. The Labute approximate surface area is 107 Å². The molecule has 0 saturated heterocycles. The molecular formula is C13H9ClN2O2. The van der Waals surface area contributed by atoms with Crippen LogP contribution in [0.2, 0.25) is 0 Å². The van der Waals surface area contributed by atoms with Crippen LogP contribution < -0.4 is 5.56 Å². The summed E-state index contributed by atoms with van der Waals surface area (Å²) in [6, 6.07) is 7.41. The predicted octanol–water partition coefficient (Wildman–Crippen LogP) is 2.90. The van der Waals surface area contributed by atoms with Gasteiger partial charge in [0, 0.05) is 10.4 Å². The molecule has 0 saturated carbocycles. The van der Waals surface area contributed by atoms with Gasteiger partial charge in [-0.2, -0.15) is 0 Å². The van der Waals surface area contributed by atoms with Gasteiger partial charge in [-0.15, -0.1) is 0 Å². The number of furan rings is 1. The van der Waals surface area contributed by atoms with E-state index < -0.39 is 0 Å². The van der Waals surface area contributed by atoms with Gasteiger partial charge < -0.3 is 4.42 Å². The molecule has 5 heteroatoms. The van der Waals surface area contributed by atoms with Crippen molar-refractivity contribution in [2.24, 2.45) is 0 Å². The number of allylic oxidation sites excluding steroid dienone is 1. The summed E-state index contributed by atoms with van der Waals surface area (Å²) in [5, 5.41) is 1.20. The van der Waals surface area contributed by atoms with Crippen molar-refractivity contribution in [2.75, 3.05) is 0 Å². The van der Waals surface area contributed by atoms with Crippen LogP contribution in [-0.4, -0.2) is 9.55 Å². The van der Waals surface area contributed by atoms with Crippen molar-refractivity contribution in [1.29, 1.82) is 0 Å². The van der Waals surface area contributed by atoms with Gasteiger partial charge in [0.05, 0.1) is 12.9 Å². The third-order valence-electron chi connectivity index (χ3n) is 2.69. The van der Waals surface area contributed by atoms with Crippen LogP contribution >= 0.6 is 11.6 Å². The van der Waals surface area contributed by atoms with Crippen molar-refractivity contribution >= 4 is 33.7 Å². The summed E-state index contributed by atoms with van der Waals surface area (Å²) in [7, 11) is 0. The highest BCUT2D eigenvalue weighted by Gasteiger charge is 2.12. The Kier molecular flexibility index (Phi) is 2.45. The van der Waals surface area contributed by atoms with Crippen LogP contribution in [0, 0.1) is 0 Å². The zero-order valence-corrected chi connectivity index (χ0v) is 10.1. The predicted molar refractivity (Wildman–Crippen MR) is 70.8 cm³/mol. The summed E-state index contributed by atoms with van der Waals surface area (Å²) in [4.78, 5) is 16.4. The van der Waals surface area contributed by atoms with Crippen LogP contribution in [-0.2, 0) is 6.54 Å². The van der Waals surface area contributed by atoms with Gasteiger partial charge in [-0.25, -0.2) is 4.98 Å². The summed E-state index contributed by atoms with van der Waals surface area (Å²) in [5.74, 6) is 0. The van der Waals surface area contributed by atoms with Gasteiger partial charge in [-0.1, -0.05) is 30.3 Å². The molecule has 0 aliphatic rings. The van der Waals surface area contributed by atoms with Crippen LogP contribution in [0.1, 0.15) is 0 Å². The smallest absolute Gasteiger partial charge is 0.297 e. The quantitative estimate of drug-likeness (QED) is 0.712. The third-order valence-corrected chi connectivity index (χ3v) is 2.81. The fourth-order valence-electron chi connectivity index (χ4n) is 1.91. The zero-order valence-electron chi connectivity index (χ0n) is 9.39. The molecular weight excluding hydrogens is 252 g/mol. The summed E-state index contributed by atoms with van der Waals surface area (Å²) >= 11 is 5.70. The SMILES string of the molecule is C=C(Cl)Cn1cnc2c(oc3ccccc32)c1=O. The maximum absolute atomic E-state index is 12.2. The summed E-state index contributed by atoms with van der Waals surface area (Å²) in [6.45, 7) is 3.78. The van der Waals surface area contributed by atoms with Crippen molar-refractivity contribution < 1.29 is 4.42 Å². The molecule has 4 nitrogen and oxygen atoms in total. The van der Waals surface area contributed by atoms with Crippen LogP contribution in [0.3, 0.4) is 0 Å². The van der Waals surface area contributed by atoms with Gasteiger partial charge in [-0.3, -0.25) is 9.36 Å². The number of fused-ring (bicyclic) bond motifs is 3. The first kappa shape index (κ1) is 11.0. The third kappa shape index (κ3) is 1.62. The molecule has 3 rings (SSSR count). The number of hydrogen-bond donors (Lipinski definition) is 0. The van der Waals surface area contributed by atoms with E-state index in [-0.39, 0.29) is 17.7 Å². The van der Waals surface area contributed by atoms with Crippen molar-refractivity contribution in [3.8, 4) is 0 Å². The molecule has 3 aromatic rings. The molecule has 2 aromatic heterocycles. The first-order chi connectivity index (χ1) is 8.66. The average molecular weight is 261 g/mol. The topological polar surface area (TPSA) is 48.0 Å². The fourth-order valence-corrected chi connectivity index (χ4v) is 2.04. The Morgan fingerprint density at radius 1 is 1.44 bits per heavy atom. The largest absolute Gasteiger partial charge is 0.448 e. The molecule has 0 bridgehead atoms. The minimum Gasteiger partial charge on any atom is -0.448 e. The molecule has 0 aliphatic heterocycles. The number of para-hydroxylation sites is 1. The number of halogens is 1. The zero-order chi connectivity index (χ0) is 12.7. The monoisotopic (exact) mass is 260 g/mol. The normalized spacial score (nSPS) is 11.2. The van der Waals surface area contributed by atoms with Gasteiger partial charge in [0.15, 0.2) is 0 Å². The number of hydrogen-bond acceptors (Lipinski definition) is 3. The highest BCUT2D eigenvalue weighted by Crippen LogP contribution is 2.24. The highest BCUT2D eigenvalue weighted by molar-refractivity contribution is 6.29. The van der Waals surface area contributed by atoms with E-state index in [1.54, 1.807) is 6.07 Å². The number of benzene rings is 1. The molecule has 0 unspecified atom stereocenters. The fraction of sp³-hybridized carbons (Fsp3) is 0.0769. The molecule has 0 atom stereocenters. The van der Waals surface area contributed by atoms with Crippen LogP contribution in [0.15, 0.2) is 51.4 Å². The molecule has 0 spiro atoms. The van der Waals surface area contributed by atoms with Crippen molar-refractivity contribution in [2.45, 2.75) is 6.54 Å². The van der Waals surface area contributed by atoms with Gasteiger partial charge in [0.25, 0.3) is 5.56 Å². The summed E-state index contributed by atoms with van der Waals surface area (Å²) in [6.07, 6.45) is 1.46. The van der Waals surface area contributed by atoms with Gasteiger partial charge in [0.2, 0.25) is 5.58 Å². The lowest BCUT2D eigenvalue weighted by molar-refractivity contribution is 0.644. The number of rotatable bonds is 2. The number of nitrogens with zero attached hydrogens (tertiary/aromatic N) is 2. The van der Waals surface area contributed by atoms with E-state index >= 15 is 0 Å². The molecule has 0 N–H and O–H groups in total. The van der Waals surface area contributed by atoms with Gasteiger partial charge in [-0.05, 0) is 12.1 Å². The summed E-state index contributed by atoms with van der Waals surface area (Å²) < 4.78 is 6.91. The second-order valence-corrected chi connectivity index (χ2v) is 4.51. The molecule has 0 aliphatic carbocycles. The maximum atomic E-state index is 12.2. The van der Waals surface area contributed by atoms with Crippen molar-refractivity contribution in [1.82, 2.24) is 9.55 Å². The Bertz CT molecular complexity index is 817. The van der Waals surface area contributed by atoms with E-state index in [1.165, 1.54) is 10.9 Å². The Balaban J connectivity index is 2.35. The van der Waals surface area contributed by atoms with E-state index in [0.717, 1.165) is 5.39 Å². The van der Waals surface area contributed by atoms with Crippen LogP contribution in [0.4, 0.5) is 0 Å². The summed E-state index contributed by atoms with van der Waals surface area (Å²) in [5.41, 5.74) is 1.22. The standard InChI is InChI=1S/C13H9ClN2O2/c1-8(14)6-16-7-15-11-9-4-2-3-5-10(9)18-12(11)13(16)17/h2-5,7H,1,6H2. The lowest BCUT2D eigenvalue weighted by Crippen LogP contribution is -2.19. The maximum Gasteiger partial charge on any atom is 0.297 e. The molecule has 0 amide bonds. The molecule has 2 heterocycles. The van der Waals surface area contributed by atoms with Gasteiger partial charge >= 0.3 is 0 Å². The van der Waals surface area contributed by atoms with E-state index in [9.17, 15) is 4.79 Å². The first-order valence-electron chi connectivity index (χ1n) is 5.37.